The third-order valence-electron chi connectivity index (χ3n) is 7.05. The minimum atomic E-state index is -0.532. The number of fused-ring (bicyclic) bond motifs is 5. The van der Waals surface area contributed by atoms with Crippen LogP contribution in [0.3, 0.4) is 0 Å². The summed E-state index contributed by atoms with van der Waals surface area (Å²) in [6.07, 6.45) is 5.21. The van der Waals surface area contributed by atoms with E-state index in [9.17, 15) is 14.0 Å². The number of benzene rings is 1. The number of esters is 2. The summed E-state index contributed by atoms with van der Waals surface area (Å²) >= 11 is 0. The Balaban J connectivity index is 1.71. The van der Waals surface area contributed by atoms with Crippen LogP contribution in [-0.2, 0) is 25.5 Å². The molecule has 29 heavy (non-hydrogen) atoms. The standard InChI is InChI=1S/C23H27FO5/c1-12(25)28-19-9-14-5-6-15-17-7-8-21(29-13(2)26)23(17,3)11-20(27-4)22(15)16(14)10-18(19)24/h8-10,15,17,20,22H,5-7,11H2,1-4H3/t15-,17-,20-,22-,23-/m0/s1. The second kappa shape index (κ2) is 7.24. The van der Waals surface area contributed by atoms with Gasteiger partial charge >= 0.3 is 11.9 Å². The van der Waals surface area contributed by atoms with E-state index in [1.807, 2.05) is 6.08 Å². The molecule has 156 valence electrons. The van der Waals surface area contributed by atoms with Gasteiger partial charge in [0.2, 0.25) is 0 Å². The highest BCUT2D eigenvalue weighted by atomic mass is 19.1. The smallest absolute Gasteiger partial charge is 0.308 e. The number of carbonyl (C=O) groups is 2. The SMILES string of the molecule is CO[C@H]1C[C@]2(C)C(OC(C)=O)=CC[C@H]2[C@@H]2CCc3cc(OC(C)=O)c(F)cc3[C@H]21. The van der Waals surface area contributed by atoms with Crippen molar-refractivity contribution in [1.29, 1.82) is 0 Å². The van der Waals surface area contributed by atoms with Crippen LogP contribution in [0.1, 0.15) is 57.1 Å². The first-order chi connectivity index (χ1) is 13.7. The van der Waals surface area contributed by atoms with Gasteiger partial charge in [-0.25, -0.2) is 4.39 Å². The molecule has 6 heteroatoms. The van der Waals surface area contributed by atoms with Crippen LogP contribution in [0.2, 0.25) is 0 Å². The molecule has 0 unspecified atom stereocenters. The second-order valence-electron chi connectivity index (χ2n) is 8.70. The highest BCUT2D eigenvalue weighted by Gasteiger charge is 2.57. The minimum absolute atomic E-state index is 0.0102. The van der Waals surface area contributed by atoms with Gasteiger partial charge in [-0.1, -0.05) is 6.92 Å². The lowest BCUT2D eigenvalue weighted by atomic mass is 9.54. The quantitative estimate of drug-likeness (QED) is 0.558. The lowest BCUT2D eigenvalue weighted by molar-refractivity contribution is -0.141. The van der Waals surface area contributed by atoms with Crippen molar-refractivity contribution in [2.45, 2.75) is 58.5 Å². The average molecular weight is 402 g/mol. The predicted octanol–water partition coefficient (Wildman–Crippen LogP) is 4.29. The summed E-state index contributed by atoms with van der Waals surface area (Å²) in [4.78, 5) is 22.9. The molecule has 0 aliphatic heterocycles. The van der Waals surface area contributed by atoms with Crippen molar-refractivity contribution in [1.82, 2.24) is 0 Å². The molecule has 0 heterocycles. The molecule has 0 spiro atoms. The normalized spacial score (nSPS) is 32.5. The van der Waals surface area contributed by atoms with Crippen LogP contribution in [0, 0.1) is 23.1 Å². The lowest BCUT2D eigenvalue weighted by Crippen LogP contribution is -2.49. The molecule has 1 fully saturated rings. The van der Waals surface area contributed by atoms with E-state index >= 15 is 0 Å². The van der Waals surface area contributed by atoms with Crippen LogP contribution in [0.15, 0.2) is 24.0 Å². The molecule has 1 aromatic rings. The number of carbonyl (C=O) groups excluding carboxylic acids is 2. The monoisotopic (exact) mass is 402 g/mol. The van der Waals surface area contributed by atoms with E-state index in [1.165, 1.54) is 19.9 Å². The van der Waals surface area contributed by atoms with Crippen LogP contribution in [0.4, 0.5) is 4.39 Å². The first-order valence-electron chi connectivity index (χ1n) is 10.2. The fourth-order valence-electron chi connectivity index (χ4n) is 5.93. The number of hydrogen-bond donors (Lipinski definition) is 0. The Kier molecular flexibility index (Phi) is 5.01. The largest absolute Gasteiger partial charge is 0.431 e. The number of hydrogen-bond acceptors (Lipinski definition) is 5. The molecule has 0 saturated heterocycles. The van der Waals surface area contributed by atoms with Crippen LogP contribution in [0.25, 0.3) is 0 Å². The zero-order chi connectivity index (χ0) is 20.9. The van der Waals surface area contributed by atoms with E-state index < -0.39 is 11.8 Å². The highest BCUT2D eigenvalue weighted by Crippen LogP contribution is 2.62. The van der Waals surface area contributed by atoms with Gasteiger partial charge in [-0.2, -0.15) is 0 Å². The molecule has 0 bridgehead atoms. The van der Waals surface area contributed by atoms with Gasteiger partial charge in [0.15, 0.2) is 11.6 Å². The summed E-state index contributed by atoms with van der Waals surface area (Å²) in [7, 11) is 1.69. The number of rotatable bonds is 3. The van der Waals surface area contributed by atoms with Crippen molar-refractivity contribution >= 4 is 11.9 Å². The number of halogens is 1. The molecular weight excluding hydrogens is 375 g/mol. The molecular formula is C23H27FO5. The van der Waals surface area contributed by atoms with Crippen molar-refractivity contribution in [2.75, 3.05) is 7.11 Å². The molecule has 0 aromatic heterocycles. The van der Waals surface area contributed by atoms with Crippen LogP contribution >= 0.6 is 0 Å². The first kappa shape index (κ1) is 20.1. The summed E-state index contributed by atoms with van der Waals surface area (Å²) in [5.41, 5.74) is 1.70. The maximum absolute atomic E-state index is 14.7. The van der Waals surface area contributed by atoms with Crippen molar-refractivity contribution in [3.05, 3.63) is 40.9 Å². The lowest BCUT2D eigenvalue weighted by Gasteiger charge is -2.52. The Bertz CT molecular complexity index is 891. The van der Waals surface area contributed by atoms with Gasteiger partial charge in [-0.3, -0.25) is 9.59 Å². The summed E-state index contributed by atoms with van der Waals surface area (Å²) in [6, 6.07) is 3.19. The second-order valence-corrected chi connectivity index (χ2v) is 8.70. The van der Waals surface area contributed by atoms with Gasteiger partial charge in [-0.15, -0.1) is 0 Å². The van der Waals surface area contributed by atoms with Crippen LogP contribution in [-0.4, -0.2) is 25.2 Å². The van der Waals surface area contributed by atoms with Gasteiger partial charge < -0.3 is 14.2 Å². The number of methoxy groups -OCH3 is 1. The van der Waals surface area contributed by atoms with E-state index in [0.29, 0.717) is 18.3 Å². The van der Waals surface area contributed by atoms with Gasteiger partial charge in [0, 0.05) is 32.3 Å². The van der Waals surface area contributed by atoms with Crippen molar-refractivity contribution in [2.24, 2.45) is 17.3 Å². The maximum atomic E-state index is 14.7. The van der Waals surface area contributed by atoms with Crippen molar-refractivity contribution in [3.63, 3.8) is 0 Å². The van der Waals surface area contributed by atoms with E-state index in [4.69, 9.17) is 14.2 Å². The fraction of sp³-hybridized carbons (Fsp3) is 0.565. The zero-order valence-electron chi connectivity index (χ0n) is 17.3. The fourth-order valence-corrected chi connectivity index (χ4v) is 5.93. The van der Waals surface area contributed by atoms with Crippen LogP contribution in [0.5, 0.6) is 5.75 Å². The minimum Gasteiger partial charge on any atom is -0.431 e. The summed E-state index contributed by atoms with van der Waals surface area (Å²) in [5.74, 6) is 0.0635. The molecule has 0 radical (unpaired) electrons. The van der Waals surface area contributed by atoms with Crippen molar-refractivity contribution in [3.8, 4) is 5.75 Å². The molecule has 1 aromatic carbocycles. The molecule has 0 amide bonds. The topological polar surface area (TPSA) is 61.8 Å². The molecule has 3 aliphatic carbocycles. The van der Waals surface area contributed by atoms with Gasteiger partial charge in [0.25, 0.3) is 0 Å². The van der Waals surface area contributed by atoms with Gasteiger partial charge in [-0.05, 0) is 66.9 Å². The molecule has 1 saturated carbocycles. The maximum Gasteiger partial charge on any atom is 0.308 e. The average Bonchev–Trinajstić information content (AvgIpc) is 2.96. The van der Waals surface area contributed by atoms with Gasteiger partial charge in [0.05, 0.1) is 6.10 Å². The number of allylic oxidation sites excluding steroid dienone is 2. The zero-order valence-corrected chi connectivity index (χ0v) is 17.3. The van der Waals surface area contributed by atoms with E-state index in [-0.39, 0.29) is 29.2 Å². The Morgan fingerprint density at radius 3 is 2.55 bits per heavy atom. The van der Waals surface area contributed by atoms with Crippen molar-refractivity contribution < 1.29 is 28.2 Å². The Morgan fingerprint density at radius 2 is 1.90 bits per heavy atom. The molecule has 0 N–H and O–H groups in total. The van der Waals surface area contributed by atoms with E-state index in [0.717, 1.165) is 36.1 Å². The van der Waals surface area contributed by atoms with Crippen LogP contribution < -0.4 is 4.74 Å². The predicted molar refractivity (Wildman–Crippen MR) is 104 cm³/mol. The molecule has 5 atom stereocenters. The first-order valence-corrected chi connectivity index (χ1v) is 10.2. The van der Waals surface area contributed by atoms with Gasteiger partial charge in [0.1, 0.15) is 5.76 Å². The Hall–Kier alpha value is -2.21. The highest BCUT2D eigenvalue weighted by molar-refractivity contribution is 5.69. The molecule has 5 nitrogen and oxygen atoms in total. The number of ether oxygens (including phenoxy) is 3. The third-order valence-corrected chi connectivity index (χ3v) is 7.05. The number of aryl methyl sites for hydroxylation is 1. The summed E-state index contributed by atoms with van der Waals surface area (Å²) < 4.78 is 31.2. The summed E-state index contributed by atoms with van der Waals surface area (Å²) in [6.45, 7) is 4.85. The van der Waals surface area contributed by atoms with E-state index in [1.54, 1.807) is 13.2 Å². The van der Waals surface area contributed by atoms with E-state index in [2.05, 4.69) is 6.92 Å². The summed E-state index contributed by atoms with van der Waals surface area (Å²) in [5, 5.41) is 0. The Morgan fingerprint density at radius 1 is 1.17 bits per heavy atom. The molecule has 4 rings (SSSR count). The third kappa shape index (κ3) is 3.27. The Labute approximate surface area is 170 Å². The molecule has 3 aliphatic rings.